The van der Waals surface area contributed by atoms with Crippen LogP contribution in [0.5, 0.6) is 0 Å². The second-order valence-corrected chi connectivity index (χ2v) is 34.7. The van der Waals surface area contributed by atoms with Crippen LogP contribution in [0.2, 0.25) is 0 Å². The molecule has 17 aromatic carbocycles. The van der Waals surface area contributed by atoms with Gasteiger partial charge in [0.05, 0.1) is 30.6 Å². The molecule has 0 N–H and O–H groups in total. The number of aromatic nitrogens is 1. The minimum Gasteiger partial charge on any atom is -0.310 e. The van der Waals surface area contributed by atoms with Crippen molar-refractivity contribution < 1.29 is 8.22 Å². The Labute approximate surface area is 703 Å². The summed E-state index contributed by atoms with van der Waals surface area (Å²) in [4.78, 5) is 5.20. The van der Waals surface area contributed by atoms with Crippen LogP contribution < -0.4 is 26.2 Å². The SMILES string of the molecule is [2H]c1c(-c2ccccc2)c([2H])c2c3c([2H])c(-c4ccccc4)c([2H])c([2H])c3n(-c3ccc4c(c3)N(c3c(-c5cccc(-c6ccccc6)c5)cc(C(C)(C)C)cc3-c3cccc(-c5ccccc5)c3)c3cc(C(C)(C)C)cc5c3B4c3cc(-c4ccccc4-c4ccccc4)ccc3N5c3c(-c4ccccc4)cc(C(C)(C)C)cc3-c3ccccc3)c2c1[2H]. The molecule has 3 nitrogen and oxygen atoms in total. The summed E-state index contributed by atoms with van der Waals surface area (Å²) in [5.41, 5.74) is 30.6. The lowest BCUT2D eigenvalue weighted by atomic mass is 9.33. The molecular weight excluding hydrogens is 1420 g/mol. The summed E-state index contributed by atoms with van der Waals surface area (Å²) < 4.78 is 64.9. The van der Waals surface area contributed by atoms with E-state index in [2.05, 4.69) is 369 Å². The number of nitrogens with zero attached hydrogens (tertiary/aromatic N) is 3. The first kappa shape index (κ1) is 66.5. The van der Waals surface area contributed by atoms with Crippen LogP contribution in [0.15, 0.2) is 394 Å². The molecule has 4 heteroatoms. The molecule has 1 aromatic heterocycles. The number of benzene rings is 17. The van der Waals surface area contributed by atoms with Crippen LogP contribution in [-0.4, -0.2) is 11.3 Å². The summed E-state index contributed by atoms with van der Waals surface area (Å²) in [5, 5.41) is 0.516. The van der Waals surface area contributed by atoms with E-state index in [1.165, 1.54) is 5.56 Å². The van der Waals surface area contributed by atoms with Crippen molar-refractivity contribution in [2.45, 2.75) is 78.6 Å². The molecule has 118 heavy (non-hydrogen) atoms. The summed E-state index contributed by atoms with van der Waals surface area (Å²) in [5.74, 6) is 0. The molecule has 0 amide bonds. The Morgan fingerprint density at radius 2 is 0.568 bits per heavy atom. The highest BCUT2D eigenvalue weighted by Crippen LogP contribution is 2.56. The van der Waals surface area contributed by atoms with Gasteiger partial charge in [-0.3, -0.25) is 0 Å². The zero-order valence-electron chi connectivity index (χ0n) is 74.0. The van der Waals surface area contributed by atoms with E-state index in [-0.39, 0.29) is 74.6 Å². The highest BCUT2D eigenvalue weighted by molar-refractivity contribution is 7.00. The normalized spacial score (nSPS) is 13.3. The smallest absolute Gasteiger partial charge is 0.252 e. The van der Waals surface area contributed by atoms with Crippen molar-refractivity contribution in [2.24, 2.45) is 0 Å². The minimum atomic E-state index is -0.523. The highest BCUT2D eigenvalue weighted by Gasteiger charge is 2.47. The van der Waals surface area contributed by atoms with Gasteiger partial charge in [-0.25, -0.2) is 0 Å². The van der Waals surface area contributed by atoms with Crippen LogP contribution in [0.3, 0.4) is 0 Å². The molecule has 0 saturated heterocycles. The summed E-state index contributed by atoms with van der Waals surface area (Å²) in [6.45, 7) is 20.3. The zero-order chi connectivity index (χ0) is 85.4. The van der Waals surface area contributed by atoms with Crippen molar-refractivity contribution in [3.63, 3.8) is 0 Å². The predicted octanol–water partition coefficient (Wildman–Crippen LogP) is 29.4. The second kappa shape index (κ2) is 29.2. The Morgan fingerprint density at radius 3 is 0.983 bits per heavy atom. The van der Waals surface area contributed by atoms with Gasteiger partial charge in [-0.15, -0.1) is 0 Å². The van der Waals surface area contributed by atoms with E-state index >= 15 is 0 Å². The topological polar surface area (TPSA) is 11.4 Å². The van der Waals surface area contributed by atoms with E-state index < -0.39 is 17.5 Å². The Kier molecular flexibility index (Phi) is 16.4. The maximum Gasteiger partial charge on any atom is 0.252 e. The third kappa shape index (κ3) is 13.1. The van der Waals surface area contributed by atoms with Gasteiger partial charge in [-0.1, -0.05) is 366 Å². The van der Waals surface area contributed by atoms with Gasteiger partial charge in [-0.2, -0.15) is 0 Å². The molecule has 0 radical (unpaired) electrons. The molecule has 2 aliphatic rings. The number of hydrogen-bond acceptors (Lipinski definition) is 2. The van der Waals surface area contributed by atoms with Crippen molar-refractivity contribution in [3.8, 4) is 117 Å². The first-order valence-electron chi connectivity index (χ1n) is 44.2. The molecule has 18 aromatic rings. The third-order valence-corrected chi connectivity index (χ3v) is 24.0. The van der Waals surface area contributed by atoms with Crippen molar-refractivity contribution in [1.82, 2.24) is 4.57 Å². The van der Waals surface area contributed by atoms with Gasteiger partial charge in [0, 0.05) is 61.5 Å². The predicted molar refractivity (Wildman–Crippen MR) is 505 cm³/mol. The van der Waals surface area contributed by atoms with E-state index in [1.807, 2.05) is 65.2 Å². The number of anilines is 6. The molecule has 0 unspecified atom stereocenters. The van der Waals surface area contributed by atoms with Gasteiger partial charge in [0.2, 0.25) is 0 Å². The van der Waals surface area contributed by atoms with E-state index in [4.69, 9.17) is 0 Å². The number of hydrogen-bond donors (Lipinski definition) is 0. The lowest BCUT2D eigenvalue weighted by Gasteiger charge is -2.47. The Balaban J connectivity index is 0.998. The number of fused-ring (bicyclic) bond motifs is 7. The van der Waals surface area contributed by atoms with Crippen molar-refractivity contribution >= 4 is 79.0 Å². The first-order chi connectivity index (χ1) is 60.0. The van der Waals surface area contributed by atoms with E-state index in [0.29, 0.717) is 16.8 Å². The Hall–Kier alpha value is -13.8. The summed E-state index contributed by atoms with van der Waals surface area (Å²) in [6.07, 6.45) is 0. The molecule has 0 atom stereocenters. The third-order valence-electron chi connectivity index (χ3n) is 24.0. The maximum absolute atomic E-state index is 10.7. The fraction of sp³-hybridized carbons (Fsp3) is 0.105. The van der Waals surface area contributed by atoms with Crippen LogP contribution in [0.25, 0.3) is 139 Å². The van der Waals surface area contributed by atoms with Gasteiger partial charge in [0.1, 0.15) is 0 Å². The molecular formula is C114H92BN3. The molecule has 3 heterocycles. The van der Waals surface area contributed by atoms with Crippen molar-refractivity contribution in [1.29, 1.82) is 0 Å². The molecule has 0 aliphatic carbocycles. The lowest BCUT2D eigenvalue weighted by Crippen LogP contribution is -2.61. The lowest BCUT2D eigenvalue weighted by molar-refractivity contribution is 0.590. The van der Waals surface area contributed by atoms with Gasteiger partial charge in [-0.05, 0) is 229 Å². The van der Waals surface area contributed by atoms with Crippen LogP contribution in [0.4, 0.5) is 34.1 Å². The van der Waals surface area contributed by atoms with Gasteiger partial charge >= 0.3 is 0 Å². The Morgan fingerprint density at radius 1 is 0.237 bits per heavy atom. The maximum atomic E-state index is 10.7. The van der Waals surface area contributed by atoms with Crippen LogP contribution in [0.1, 0.15) is 87.2 Å². The second-order valence-electron chi connectivity index (χ2n) is 34.7. The van der Waals surface area contributed by atoms with E-state index in [0.717, 1.165) is 151 Å². The molecule has 20 rings (SSSR count). The number of rotatable bonds is 13. The zero-order valence-corrected chi connectivity index (χ0v) is 68.0. The van der Waals surface area contributed by atoms with Crippen LogP contribution >= 0.6 is 0 Å². The van der Waals surface area contributed by atoms with Crippen molar-refractivity contribution in [3.05, 3.63) is 411 Å². The molecule has 2 aliphatic heterocycles. The first-order valence-corrected chi connectivity index (χ1v) is 41.2. The average molecular weight is 1520 g/mol. The van der Waals surface area contributed by atoms with E-state index in [1.54, 1.807) is 0 Å². The summed E-state index contributed by atoms with van der Waals surface area (Å²) in [6, 6.07) is 127. The molecule has 566 valence electrons. The highest BCUT2D eigenvalue weighted by atomic mass is 15.2. The minimum absolute atomic E-state index is 0.0399. The standard InChI is InChI=1S/C114H92BN3/c1-112(2,3)89-68-95(80-45-27-15-28-46-80)110(96(69-89)81-47-29-16-30-48-81)117-105-62-57-88(94-54-32-31-53-93(94)79-43-25-14-26-44-79)67-102(105)115-101-59-58-92(116-103-60-55-84(77-39-21-12-22-40-77)65-99(103)100-66-85(56-61-104(100)116)78-41-23-13-24-42-78)74-106(101)118(108-73-91(114(7,8)9)72-107(117)109(108)115)111-97(86-51-33-49-82(63-86)75-35-17-10-18-36-75)70-90(113(4,5)6)71-98(111)87-52-34-50-83(64-87)76-37-19-11-20-38-76/h10-74H,1-9H3/i55D,56D,60D,61D,65D,66D. The van der Waals surface area contributed by atoms with Gasteiger partial charge in [0.15, 0.2) is 0 Å². The van der Waals surface area contributed by atoms with Crippen LogP contribution in [0, 0.1) is 0 Å². The molecule has 0 bridgehead atoms. The van der Waals surface area contributed by atoms with E-state index in [9.17, 15) is 8.22 Å². The molecule has 0 fully saturated rings. The average Bonchev–Trinajstić information content (AvgIpc) is 1.04. The molecule has 0 spiro atoms. The van der Waals surface area contributed by atoms with Gasteiger partial charge in [0.25, 0.3) is 6.71 Å². The fourth-order valence-electron chi connectivity index (χ4n) is 17.9. The monoisotopic (exact) mass is 1520 g/mol. The Bertz CT molecular complexity index is 7000. The van der Waals surface area contributed by atoms with Crippen LogP contribution in [-0.2, 0) is 16.2 Å². The summed E-state index contributed by atoms with van der Waals surface area (Å²) >= 11 is 0. The largest absolute Gasteiger partial charge is 0.310 e. The van der Waals surface area contributed by atoms with Gasteiger partial charge < -0.3 is 14.4 Å². The quantitative estimate of drug-likeness (QED) is 0.107. The fourth-order valence-corrected chi connectivity index (χ4v) is 17.9. The van der Waals surface area contributed by atoms with Crippen molar-refractivity contribution in [2.75, 3.05) is 9.80 Å². The molecule has 0 saturated carbocycles. The summed E-state index contributed by atoms with van der Waals surface area (Å²) in [7, 11) is 0.